The van der Waals surface area contributed by atoms with E-state index in [0.29, 0.717) is 28.6 Å². The van der Waals surface area contributed by atoms with Crippen LogP contribution in [0.2, 0.25) is 0 Å². The second kappa shape index (κ2) is 43.1. The number of aliphatic carboxylic acids is 1. The van der Waals surface area contributed by atoms with Crippen molar-refractivity contribution in [3.63, 3.8) is 0 Å². The average molecular weight is 1500 g/mol. The largest absolute Gasteiger partial charge is 0.481 e. The molecule has 1 aromatic carbocycles. The summed E-state index contributed by atoms with van der Waals surface area (Å²) in [7, 11) is 3.10. The van der Waals surface area contributed by atoms with E-state index < -0.39 is 198 Å². The van der Waals surface area contributed by atoms with Gasteiger partial charge in [-0.15, -0.1) is 0 Å². The lowest BCUT2D eigenvalue weighted by Gasteiger charge is -2.29. The van der Waals surface area contributed by atoms with Gasteiger partial charge in [0, 0.05) is 80.5 Å². The molecule has 1 aliphatic rings. The topological polar surface area (TPSA) is 583 Å². The van der Waals surface area contributed by atoms with Crippen molar-refractivity contribution in [2.24, 2.45) is 28.3 Å². The molecule has 38 nitrogen and oxygen atoms in total. The van der Waals surface area contributed by atoms with Gasteiger partial charge in [-0.05, 0) is 64.0 Å². The van der Waals surface area contributed by atoms with Crippen LogP contribution in [0, 0.1) is 11.8 Å². The van der Waals surface area contributed by atoms with Crippen molar-refractivity contribution < 1.29 is 86.9 Å². The van der Waals surface area contributed by atoms with Gasteiger partial charge in [0.15, 0.2) is 5.96 Å². The lowest BCUT2D eigenvalue weighted by Crippen LogP contribution is -2.61. The van der Waals surface area contributed by atoms with Crippen molar-refractivity contribution in [3.8, 4) is 0 Å². The number of nitrogens with one attached hydrogen (secondary N) is 16. The number of amides is 14. The molecule has 0 saturated carbocycles. The minimum atomic E-state index is -1.90. The second-order valence-electron chi connectivity index (χ2n) is 25.1. The number of carboxylic acids is 1. The number of ether oxygens (including phenoxy) is 1. The number of carboxylic acid groups (broad SMARTS) is 1. The number of H-pyrrole nitrogens is 2. The number of imidazole rings is 1. The number of benzene rings is 1. The highest BCUT2D eigenvalue weighted by atomic mass is 33.1. The maximum Gasteiger partial charge on any atom is 0.305 e. The molecule has 0 radical (unpaired) electrons. The SMILES string of the molecule is CC[C@H](C)[C@H](NC(C)=O)C(=O)N[C@H]1CSSC[C@@H](C(=O)N[C@H](C(=O)NCCOC)[C@@H](C)O)NC(=O)[C@H](CCCN=C(N)N)NC(=O)[C@H](Cc2cnc[nH]2)NC(=O)[C@H](C)NC(=O)CNC(=O)[C@H](Cc2c[nH]c3ccccc23)NC(=O)[C@H](CC(=O)O)NC(=O)[C@H](C)NC(=O)[C@H](C)NC(=O)[C@H](C(C)C)NC1=O. The second-order valence-corrected chi connectivity index (χ2v) is 27.7. The summed E-state index contributed by atoms with van der Waals surface area (Å²) in [5.41, 5.74) is 12.6. The molecule has 4 rings (SSSR count). The van der Waals surface area contributed by atoms with E-state index in [-0.39, 0.29) is 57.1 Å². The number of fused-ring (bicyclic) bond motifs is 1. The van der Waals surface area contributed by atoms with Crippen molar-refractivity contribution in [1.29, 1.82) is 0 Å². The fourth-order valence-electron chi connectivity index (χ4n) is 10.2. The third-order valence-corrected chi connectivity index (χ3v) is 18.6. The summed E-state index contributed by atoms with van der Waals surface area (Å²) in [5, 5.41) is 56.4. The molecule has 1 aliphatic heterocycles. The number of aromatic amines is 2. The molecule has 1 saturated heterocycles. The first-order valence-corrected chi connectivity index (χ1v) is 36.0. The monoisotopic (exact) mass is 1500 g/mol. The average Bonchev–Trinajstić information content (AvgIpc) is 1.65. The Hall–Kier alpha value is -10.1. The zero-order valence-corrected chi connectivity index (χ0v) is 61.1. The first kappa shape index (κ1) is 86.3. The molecule has 104 heavy (non-hydrogen) atoms. The Labute approximate surface area is 607 Å². The van der Waals surface area contributed by atoms with E-state index in [0.717, 1.165) is 21.6 Å². The zero-order chi connectivity index (χ0) is 77.5. The van der Waals surface area contributed by atoms with Crippen LogP contribution in [0.25, 0.3) is 10.9 Å². The fourth-order valence-corrected chi connectivity index (χ4v) is 12.5. The lowest BCUT2D eigenvalue weighted by atomic mass is 9.98. The third kappa shape index (κ3) is 28.6. The summed E-state index contributed by atoms with van der Waals surface area (Å²) in [6.45, 7) is 11.7. The Morgan fingerprint density at radius 3 is 1.90 bits per heavy atom. The van der Waals surface area contributed by atoms with Crippen LogP contribution in [-0.4, -0.2) is 243 Å². The highest BCUT2D eigenvalue weighted by Gasteiger charge is 2.38. The molecule has 0 unspecified atom stereocenters. The number of nitrogens with zero attached hydrogens (tertiary/aromatic N) is 2. The highest BCUT2D eigenvalue weighted by Crippen LogP contribution is 2.25. The van der Waals surface area contributed by atoms with Crippen LogP contribution < -0.4 is 85.9 Å². The van der Waals surface area contributed by atoms with Crippen molar-refractivity contribution in [2.45, 2.75) is 179 Å². The van der Waals surface area contributed by atoms with Gasteiger partial charge in [-0.2, -0.15) is 0 Å². The number of aromatic nitrogens is 3. The predicted molar refractivity (Wildman–Crippen MR) is 381 cm³/mol. The van der Waals surface area contributed by atoms with Crippen molar-refractivity contribution in [3.05, 3.63) is 54.2 Å². The Bertz CT molecular complexity index is 3520. The third-order valence-electron chi connectivity index (χ3n) is 16.2. The molecule has 574 valence electrons. The lowest BCUT2D eigenvalue weighted by molar-refractivity contribution is -0.141. The number of aliphatic hydroxyl groups excluding tert-OH is 1. The highest BCUT2D eigenvalue weighted by molar-refractivity contribution is 8.76. The van der Waals surface area contributed by atoms with Gasteiger partial charge in [0.2, 0.25) is 82.7 Å². The van der Waals surface area contributed by atoms with E-state index in [1.54, 1.807) is 58.2 Å². The van der Waals surface area contributed by atoms with Gasteiger partial charge < -0.3 is 111 Å². The van der Waals surface area contributed by atoms with Gasteiger partial charge in [-0.25, -0.2) is 4.98 Å². The van der Waals surface area contributed by atoms with Gasteiger partial charge in [0.1, 0.15) is 72.5 Å². The minimum absolute atomic E-state index is 0.00220. The van der Waals surface area contributed by atoms with E-state index in [4.69, 9.17) is 16.2 Å². The number of aliphatic imine (C=N–C) groups is 1. The predicted octanol–water partition coefficient (Wildman–Crippen LogP) is -5.54. The number of rotatable bonds is 23. The van der Waals surface area contributed by atoms with E-state index in [1.807, 2.05) is 0 Å². The number of aliphatic hydroxyl groups is 1. The van der Waals surface area contributed by atoms with Gasteiger partial charge >= 0.3 is 5.97 Å². The molecule has 40 heteroatoms. The minimum Gasteiger partial charge on any atom is -0.481 e. The quantitative estimate of drug-likeness (QED) is 0.0182. The van der Waals surface area contributed by atoms with Crippen LogP contribution in [0.4, 0.5) is 0 Å². The fraction of sp³-hybridized carbons (Fsp3) is 0.578. The Kier molecular flexibility index (Phi) is 35.8. The smallest absolute Gasteiger partial charge is 0.305 e. The van der Waals surface area contributed by atoms with E-state index in [9.17, 15) is 82.1 Å². The number of carbonyl (C=O) groups excluding carboxylic acids is 14. The standard InChI is InChI=1S/C64H98N20O18S2/c1-11-31(4)50(76-36(9)86)63(101)82-46-28-104-103-27-45(60(98)84-51(35(8)85)61(99)68-19-20-102-10)81-56(94)41(17-14-18-69-64(65)66)77-57(95)43(22-38-25-67-29-72-38)78-53(91)32(5)73-47(87)26-71-55(93)42(21-37-24-70-40-16-13-12-15-39(37)40)80-58(96)44(23-48(88)89)79-54(92)34(7)74-52(90)33(6)75-62(100)49(30(2)3)83-59(46)97/h12-13,15-16,24-25,29-35,41-46,49-51,70,85H,11,14,17-23,26-28H2,1-10H3,(H,67,72)(H,68,99)(H,71,93)(H,73,87)(H,74,90)(H,75,100)(H,76,86)(H,77,95)(H,78,91)(H,79,92)(H,80,96)(H,81,94)(H,82,101)(H,83,97)(H,84,98)(H,88,89)(H4,65,66,69)/t31-,32-,33-,34-,35+,41-,42-,43-,44-,45-,46-,49-,50-,51-/m0/s1. The number of guanidine groups is 1. The Morgan fingerprint density at radius 2 is 1.29 bits per heavy atom. The van der Waals surface area contributed by atoms with Gasteiger partial charge in [-0.3, -0.25) is 76.9 Å². The van der Waals surface area contributed by atoms with Gasteiger partial charge in [0.05, 0.1) is 32.0 Å². The van der Waals surface area contributed by atoms with Crippen molar-refractivity contribution >= 4 is 127 Å². The molecule has 2 aromatic heterocycles. The maximum atomic E-state index is 14.8. The van der Waals surface area contributed by atoms with E-state index in [2.05, 4.69) is 94.4 Å². The van der Waals surface area contributed by atoms with Crippen LogP contribution >= 0.6 is 21.6 Å². The molecule has 14 amide bonds. The molecule has 0 bridgehead atoms. The molecule has 1 fully saturated rings. The van der Waals surface area contributed by atoms with Crippen LogP contribution in [0.3, 0.4) is 0 Å². The number of carbonyl (C=O) groups is 15. The number of hydrogen-bond acceptors (Lipinski definition) is 21. The molecular formula is C64H98N20O18S2. The van der Waals surface area contributed by atoms with Crippen molar-refractivity contribution in [2.75, 3.05) is 44.9 Å². The molecule has 3 aromatic rings. The maximum absolute atomic E-state index is 14.8. The Balaban J connectivity index is 1.86. The summed E-state index contributed by atoms with van der Waals surface area (Å²) >= 11 is 0. The number of para-hydroxylation sites is 1. The van der Waals surface area contributed by atoms with Crippen LogP contribution in [-0.2, 0) is 89.5 Å². The summed E-state index contributed by atoms with van der Waals surface area (Å²) in [4.78, 5) is 223. The summed E-state index contributed by atoms with van der Waals surface area (Å²) in [5.74, 6) is -17.3. The summed E-state index contributed by atoms with van der Waals surface area (Å²) < 4.78 is 5.02. The number of hydrogen-bond donors (Lipinski definition) is 20. The number of nitrogens with two attached hydrogens (primary N) is 2. The molecule has 14 atom stereocenters. The normalized spacial score (nSPS) is 23.6. The van der Waals surface area contributed by atoms with Gasteiger partial charge in [-0.1, -0.05) is 73.9 Å². The van der Waals surface area contributed by atoms with Crippen LogP contribution in [0.15, 0.2) is 48.0 Å². The summed E-state index contributed by atoms with van der Waals surface area (Å²) in [6, 6.07) is -11.7. The van der Waals surface area contributed by atoms with Crippen LogP contribution in [0.5, 0.6) is 0 Å². The molecule has 0 aliphatic carbocycles. The van der Waals surface area contributed by atoms with Crippen molar-refractivity contribution in [1.82, 2.24) is 89.4 Å². The first-order chi connectivity index (χ1) is 49.1. The molecule has 0 spiro atoms. The molecule has 22 N–H and O–H groups in total. The zero-order valence-electron chi connectivity index (χ0n) is 59.5. The van der Waals surface area contributed by atoms with E-state index >= 15 is 0 Å². The van der Waals surface area contributed by atoms with Gasteiger partial charge in [0.25, 0.3) is 0 Å². The Morgan fingerprint density at radius 1 is 0.692 bits per heavy atom. The molecule has 3 heterocycles. The molecular weight excluding hydrogens is 1400 g/mol. The summed E-state index contributed by atoms with van der Waals surface area (Å²) in [6.07, 6.45) is 1.15. The first-order valence-electron chi connectivity index (χ1n) is 33.5. The number of methoxy groups -OCH3 is 1. The van der Waals surface area contributed by atoms with Crippen LogP contribution in [0.1, 0.15) is 99.3 Å². The van der Waals surface area contributed by atoms with E-state index in [1.165, 1.54) is 54.3 Å².